The van der Waals surface area contributed by atoms with Crippen LogP contribution in [0.1, 0.15) is 0 Å². The van der Waals surface area contributed by atoms with E-state index in [1.807, 2.05) is 0 Å². The van der Waals surface area contributed by atoms with Crippen molar-refractivity contribution in [3.63, 3.8) is 0 Å². The molecule has 0 saturated heterocycles. The van der Waals surface area contributed by atoms with Gasteiger partial charge in [0.25, 0.3) is 0 Å². The molecular formula is C19H22Br2N4. The van der Waals surface area contributed by atoms with Crippen molar-refractivity contribution < 1.29 is 43.8 Å². The molecular weight excluding hydrogens is 444 g/mol. The highest BCUT2D eigenvalue weighted by Crippen LogP contribution is 2.14. The summed E-state index contributed by atoms with van der Waals surface area (Å²) in [5.41, 5.74) is 2.52. The number of hydrogen-bond acceptors (Lipinski definition) is 2. The van der Waals surface area contributed by atoms with E-state index in [1.165, 1.54) is 21.2 Å². The van der Waals surface area contributed by atoms with Crippen molar-refractivity contribution in [1.29, 1.82) is 0 Å². The van der Waals surface area contributed by atoms with E-state index in [0.29, 0.717) is 0 Å². The van der Waals surface area contributed by atoms with Gasteiger partial charge in [-0.1, -0.05) is 36.4 Å². The van der Waals surface area contributed by atoms with Crippen LogP contribution >= 0.6 is 0 Å². The van der Waals surface area contributed by atoms with E-state index in [9.17, 15) is 0 Å². The third-order valence-electron chi connectivity index (χ3n) is 4.36. The van der Waals surface area contributed by atoms with Crippen LogP contribution in [0.5, 0.6) is 0 Å². The van der Waals surface area contributed by atoms with Gasteiger partial charge < -0.3 is 34.0 Å². The highest BCUT2D eigenvalue weighted by atomic mass is 79.9. The molecule has 2 aromatic carbocycles. The van der Waals surface area contributed by atoms with Gasteiger partial charge in [0.15, 0.2) is 13.3 Å². The van der Waals surface area contributed by atoms with Gasteiger partial charge in [-0.3, -0.25) is 9.80 Å². The second-order valence-electron chi connectivity index (χ2n) is 6.05. The predicted octanol–water partition coefficient (Wildman–Crippen LogP) is -5.38. The molecule has 2 aliphatic rings. The van der Waals surface area contributed by atoms with Gasteiger partial charge in [-0.25, -0.2) is 9.80 Å². The van der Waals surface area contributed by atoms with Crippen LogP contribution in [0.2, 0.25) is 0 Å². The molecule has 0 spiro atoms. The lowest BCUT2D eigenvalue weighted by atomic mass is 10.3. The molecule has 0 bridgehead atoms. The van der Waals surface area contributed by atoms with Crippen LogP contribution in [-0.2, 0) is 0 Å². The second kappa shape index (κ2) is 9.20. The molecule has 0 aliphatic carbocycles. The molecule has 2 atom stereocenters. The van der Waals surface area contributed by atoms with Gasteiger partial charge >= 0.3 is 0 Å². The fourth-order valence-corrected chi connectivity index (χ4v) is 3.15. The molecule has 4 nitrogen and oxygen atoms in total. The molecule has 0 aromatic heterocycles. The number of rotatable bonds is 4. The third kappa shape index (κ3) is 4.73. The molecule has 132 valence electrons. The van der Waals surface area contributed by atoms with Crippen LogP contribution in [0, 0.1) is 0 Å². The van der Waals surface area contributed by atoms with E-state index in [-0.39, 0.29) is 34.0 Å². The Bertz CT molecular complexity index is 644. The Labute approximate surface area is 170 Å². The Morgan fingerprint density at radius 2 is 1.04 bits per heavy atom. The molecule has 2 aliphatic heterocycles. The number of quaternary nitrogens is 2. The Kier molecular flexibility index (Phi) is 7.25. The third-order valence-corrected chi connectivity index (χ3v) is 4.36. The maximum atomic E-state index is 2.31. The molecule has 0 radical (unpaired) electrons. The van der Waals surface area contributed by atoms with Crippen molar-refractivity contribution in [1.82, 2.24) is 0 Å². The van der Waals surface area contributed by atoms with Gasteiger partial charge in [0.05, 0.1) is 12.4 Å². The SMILES string of the molecule is C1=C[NH+](C[NH+]2C=CN(c3ccccc3)C2)CN1c1ccccc1.[Br-].[Br-]. The minimum Gasteiger partial charge on any atom is -1.00 e. The first kappa shape index (κ1) is 19.7. The summed E-state index contributed by atoms with van der Waals surface area (Å²) in [5, 5.41) is 0. The van der Waals surface area contributed by atoms with Crippen molar-refractivity contribution >= 4 is 11.4 Å². The fraction of sp³-hybridized carbons (Fsp3) is 0.158. The molecule has 2 unspecified atom stereocenters. The summed E-state index contributed by atoms with van der Waals surface area (Å²) in [5.74, 6) is 0. The van der Waals surface area contributed by atoms with E-state index in [0.717, 1.165) is 20.0 Å². The summed E-state index contributed by atoms with van der Waals surface area (Å²) < 4.78 is 0. The quantitative estimate of drug-likeness (QED) is 0.469. The zero-order chi connectivity index (χ0) is 15.5. The summed E-state index contributed by atoms with van der Waals surface area (Å²) in [6.45, 7) is 3.04. The van der Waals surface area contributed by atoms with Crippen LogP contribution in [-0.4, -0.2) is 20.0 Å². The maximum absolute atomic E-state index is 2.31. The molecule has 0 amide bonds. The lowest BCUT2D eigenvalue weighted by Crippen LogP contribution is -3.27. The first-order valence-corrected chi connectivity index (χ1v) is 8.08. The number of halogens is 2. The summed E-state index contributed by atoms with van der Waals surface area (Å²) in [6.07, 6.45) is 8.91. The topological polar surface area (TPSA) is 15.4 Å². The highest BCUT2D eigenvalue weighted by Gasteiger charge is 2.25. The first-order chi connectivity index (χ1) is 11.4. The normalized spacial score (nSPS) is 21.1. The second-order valence-corrected chi connectivity index (χ2v) is 6.05. The summed E-state index contributed by atoms with van der Waals surface area (Å²) in [4.78, 5) is 7.57. The highest BCUT2D eigenvalue weighted by molar-refractivity contribution is 5.49. The Hall–Kier alpha value is -1.60. The van der Waals surface area contributed by atoms with E-state index in [1.54, 1.807) is 0 Å². The van der Waals surface area contributed by atoms with Crippen molar-refractivity contribution in [3.8, 4) is 0 Å². The van der Waals surface area contributed by atoms with Gasteiger partial charge in [0.2, 0.25) is 6.67 Å². The number of benzene rings is 2. The maximum Gasteiger partial charge on any atom is 0.215 e. The van der Waals surface area contributed by atoms with Crippen LogP contribution in [0.25, 0.3) is 0 Å². The number of hydrogen-bond donors (Lipinski definition) is 2. The molecule has 25 heavy (non-hydrogen) atoms. The lowest BCUT2D eigenvalue weighted by Gasteiger charge is -2.20. The largest absolute Gasteiger partial charge is 1.00 e. The molecule has 2 aromatic rings. The van der Waals surface area contributed by atoms with Crippen molar-refractivity contribution in [2.75, 3.05) is 29.8 Å². The van der Waals surface area contributed by atoms with Gasteiger partial charge in [-0.15, -0.1) is 0 Å². The van der Waals surface area contributed by atoms with Gasteiger partial charge in [-0.05, 0) is 24.3 Å². The van der Waals surface area contributed by atoms with E-state index in [2.05, 4.69) is 95.3 Å². The summed E-state index contributed by atoms with van der Waals surface area (Å²) in [7, 11) is 0. The van der Waals surface area contributed by atoms with Crippen LogP contribution < -0.4 is 53.6 Å². The molecule has 0 saturated carbocycles. The Morgan fingerprint density at radius 1 is 0.640 bits per heavy atom. The number of anilines is 2. The first-order valence-electron chi connectivity index (χ1n) is 8.08. The molecule has 6 heteroatoms. The predicted molar refractivity (Wildman–Crippen MR) is 92.6 cm³/mol. The Morgan fingerprint density at radius 3 is 1.44 bits per heavy atom. The van der Waals surface area contributed by atoms with Crippen molar-refractivity contribution in [2.45, 2.75) is 0 Å². The van der Waals surface area contributed by atoms with E-state index in [4.69, 9.17) is 0 Å². The average Bonchev–Trinajstić information content (AvgIpc) is 3.27. The van der Waals surface area contributed by atoms with Crippen LogP contribution in [0.3, 0.4) is 0 Å². The van der Waals surface area contributed by atoms with Crippen molar-refractivity contribution in [2.24, 2.45) is 0 Å². The van der Waals surface area contributed by atoms with Crippen LogP contribution in [0.4, 0.5) is 11.4 Å². The minimum absolute atomic E-state index is 0. The summed E-state index contributed by atoms with van der Waals surface area (Å²) >= 11 is 0. The minimum atomic E-state index is 0. The number of nitrogens with zero attached hydrogens (tertiary/aromatic N) is 2. The molecule has 2 heterocycles. The lowest BCUT2D eigenvalue weighted by molar-refractivity contribution is -1.03. The molecule has 0 fully saturated rings. The van der Waals surface area contributed by atoms with Gasteiger partial charge in [0.1, 0.15) is 12.4 Å². The van der Waals surface area contributed by atoms with Crippen molar-refractivity contribution in [3.05, 3.63) is 85.5 Å². The van der Waals surface area contributed by atoms with Gasteiger partial charge in [-0.2, -0.15) is 0 Å². The van der Waals surface area contributed by atoms with E-state index >= 15 is 0 Å². The smallest absolute Gasteiger partial charge is 0.215 e. The monoisotopic (exact) mass is 464 g/mol. The van der Waals surface area contributed by atoms with E-state index < -0.39 is 0 Å². The fourth-order valence-electron chi connectivity index (χ4n) is 3.15. The van der Waals surface area contributed by atoms with Gasteiger partial charge in [0, 0.05) is 11.4 Å². The zero-order valence-corrected chi connectivity index (χ0v) is 17.0. The van der Waals surface area contributed by atoms with Crippen LogP contribution in [0.15, 0.2) is 85.5 Å². The number of para-hydroxylation sites is 2. The average molecular weight is 466 g/mol. The molecule has 4 rings (SSSR count). The zero-order valence-electron chi connectivity index (χ0n) is 13.9. The summed E-state index contributed by atoms with van der Waals surface area (Å²) in [6, 6.07) is 21.1. The number of nitrogens with one attached hydrogen (secondary N) is 2. The molecule has 2 N–H and O–H groups in total. The Balaban J connectivity index is 0.00000113. The standard InChI is InChI=1S/C19H20N4.2BrH/c1-3-7-18(8-4-1)22-13-11-20(16-22)15-21-12-14-23(17-21)19-9-5-2-6-10-19;;/h1-14H,15-17H2;2*1H.